The number of hydrogen-bond acceptors (Lipinski definition) is 5. The third kappa shape index (κ3) is 3.13. The van der Waals surface area contributed by atoms with Gasteiger partial charge in [-0.05, 0) is 38.8 Å². The fourth-order valence-electron chi connectivity index (χ4n) is 2.98. The number of piperidine rings is 1. The minimum absolute atomic E-state index is 0.0191. The van der Waals surface area contributed by atoms with Crippen molar-refractivity contribution in [3.05, 3.63) is 33.9 Å². The molecule has 0 aromatic heterocycles. The van der Waals surface area contributed by atoms with E-state index in [4.69, 9.17) is 5.73 Å². The Kier molecular flexibility index (Phi) is 5.15. The van der Waals surface area contributed by atoms with Crippen molar-refractivity contribution in [3.63, 3.8) is 0 Å². The summed E-state index contributed by atoms with van der Waals surface area (Å²) in [4.78, 5) is 10.5. The first kappa shape index (κ1) is 16.9. The summed E-state index contributed by atoms with van der Waals surface area (Å²) in [6.45, 7) is 2.34. The Bertz CT molecular complexity index is 658. The van der Waals surface area contributed by atoms with E-state index in [1.54, 1.807) is 0 Å². The predicted octanol–water partition coefficient (Wildman–Crippen LogP) is 1.80. The van der Waals surface area contributed by atoms with Gasteiger partial charge in [-0.2, -0.15) is 4.31 Å². The monoisotopic (exact) mass is 327 g/mol. The average Bonchev–Trinajstić information content (AvgIpc) is 2.47. The van der Waals surface area contributed by atoms with Crippen molar-refractivity contribution in [1.82, 2.24) is 4.31 Å². The second kappa shape index (κ2) is 6.72. The lowest BCUT2D eigenvalue weighted by molar-refractivity contribution is -0.385. The van der Waals surface area contributed by atoms with Crippen LogP contribution in [0.4, 0.5) is 5.69 Å². The Balaban J connectivity index is 2.45. The predicted molar refractivity (Wildman–Crippen MR) is 83.0 cm³/mol. The van der Waals surface area contributed by atoms with Gasteiger partial charge < -0.3 is 5.73 Å². The van der Waals surface area contributed by atoms with Gasteiger partial charge in [0.05, 0.1) is 9.82 Å². The molecule has 1 atom stereocenters. The van der Waals surface area contributed by atoms with E-state index < -0.39 is 14.9 Å². The number of rotatable bonds is 5. The van der Waals surface area contributed by atoms with E-state index in [0.29, 0.717) is 19.5 Å². The molecule has 1 heterocycles. The van der Waals surface area contributed by atoms with Gasteiger partial charge in [0.25, 0.3) is 5.69 Å². The van der Waals surface area contributed by atoms with Crippen molar-refractivity contribution in [3.8, 4) is 0 Å². The summed E-state index contributed by atoms with van der Waals surface area (Å²) in [6, 6.07) is 4.05. The molecule has 1 aromatic carbocycles. The highest BCUT2D eigenvalue weighted by Crippen LogP contribution is 2.31. The second-order valence-electron chi connectivity index (χ2n) is 5.50. The van der Waals surface area contributed by atoms with Crippen molar-refractivity contribution >= 4 is 15.7 Å². The maximum atomic E-state index is 12.9. The van der Waals surface area contributed by atoms with E-state index >= 15 is 0 Å². The first-order valence-electron chi connectivity index (χ1n) is 7.35. The lowest BCUT2D eigenvalue weighted by Gasteiger charge is -2.34. The number of benzene rings is 1. The Labute approximate surface area is 130 Å². The summed E-state index contributed by atoms with van der Waals surface area (Å²) in [7, 11) is -3.75. The molecule has 1 fully saturated rings. The van der Waals surface area contributed by atoms with Gasteiger partial charge in [0.2, 0.25) is 10.0 Å². The molecule has 22 heavy (non-hydrogen) atoms. The highest BCUT2D eigenvalue weighted by atomic mass is 32.2. The lowest BCUT2D eigenvalue weighted by atomic mass is 10.0. The summed E-state index contributed by atoms with van der Waals surface area (Å²) >= 11 is 0. The SMILES string of the molecule is Cc1c([N+](=O)[O-])cccc1S(=O)(=O)N1CCCCC1CCN. The molecule has 1 saturated heterocycles. The maximum absolute atomic E-state index is 12.9. The minimum Gasteiger partial charge on any atom is -0.330 e. The molecule has 8 heteroatoms. The second-order valence-corrected chi connectivity index (χ2v) is 7.36. The van der Waals surface area contributed by atoms with Crippen LogP contribution in [0.15, 0.2) is 23.1 Å². The highest BCUT2D eigenvalue weighted by molar-refractivity contribution is 7.89. The Morgan fingerprint density at radius 3 is 2.77 bits per heavy atom. The number of nitrogens with two attached hydrogens (primary N) is 1. The van der Waals surface area contributed by atoms with Gasteiger partial charge in [-0.25, -0.2) is 8.42 Å². The zero-order valence-corrected chi connectivity index (χ0v) is 13.4. The van der Waals surface area contributed by atoms with E-state index in [1.807, 2.05) is 0 Å². The summed E-state index contributed by atoms with van der Waals surface area (Å²) in [5.41, 5.74) is 5.60. The third-order valence-electron chi connectivity index (χ3n) is 4.11. The molecule has 0 amide bonds. The summed E-state index contributed by atoms with van der Waals surface area (Å²) < 4.78 is 27.3. The maximum Gasteiger partial charge on any atom is 0.273 e. The van der Waals surface area contributed by atoms with E-state index in [-0.39, 0.29) is 22.2 Å². The average molecular weight is 327 g/mol. The van der Waals surface area contributed by atoms with Gasteiger partial charge in [0.1, 0.15) is 0 Å². The minimum atomic E-state index is -3.75. The normalized spacial score (nSPS) is 20.0. The molecule has 2 N–H and O–H groups in total. The van der Waals surface area contributed by atoms with Crippen LogP contribution in [0.5, 0.6) is 0 Å². The van der Waals surface area contributed by atoms with Crippen molar-refractivity contribution in [2.45, 2.75) is 43.5 Å². The van der Waals surface area contributed by atoms with Crippen LogP contribution in [-0.2, 0) is 10.0 Å². The number of nitrogens with zero attached hydrogens (tertiary/aromatic N) is 2. The quantitative estimate of drug-likeness (QED) is 0.655. The summed E-state index contributed by atoms with van der Waals surface area (Å²) in [5.74, 6) is 0. The Hall–Kier alpha value is -1.51. The van der Waals surface area contributed by atoms with Crippen molar-refractivity contribution in [1.29, 1.82) is 0 Å². The van der Waals surface area contributed by atoms with Crippen LogP contribution in [0.25, 0.3) is 0 Å². The molecular formula is C14H21N3O4S. The molecule has 1 aromatic rings. The van der Waals surface area contributed by atoms with Crippen molar-refractivity contribution in [2.75, 3.05) is 13.1 Å². The lowest BCUT2D eigenvalue weighted by Crippen LogP contribution is -2.44. The Morgan fingerprint density at radius 1 is 1.41 bits per heavy atom. The smallest absolute Gasteiger partial charge is 0.273 e. The first-order valence-corrected chi connectivity index (χ1v) is 8.79. The Morgan fingerprint density at radius 2 is 2.14 bits per heavy atom. The molecule has 2 rings (SSSR count). The van der Waals surface area contributed by atoms with Gasteiger partial charge in [-0.3, -0.25) is 10.1 Å². The van der Waals surface area contributed by atoms with E-state index in [1.165, 1.54) is 29.4 Å². The molecular weight excluding hydrogens is 306 g/mol. The van der Waals surface area contributed by atoms with Crippen LogP contribution >= 0.6 is 0 Å². The fourth-order valence-corrected chi connectivity index (χ4v) is 4.95. The molecule has 122 valence electrons. The van der Waals surface area contributed by atoms with Crippen molar-refractivity contribution in [2.24, 2.45) is 5.73 Å². The molecule has 1 aliphatic heterocycles. The van der Waals surface area contributed by atoms with Crippen LogP contribution in [0, 0.1) is 17.0 Å². The fraction of sp³-hybridized carbons (Fsp3) is 0.571. The molecule has 0 saturated carbocycles. The summed E-state index contributed by atoms with van der Waals surface area (Å²) in [5, 5.41) is 11.0. The van der Waals surface area contributed by atoms with Gasteiger partial charge >= 0.3 is 0 Å². The molecule has 0 spiro atoms. The number of hydrogen-bond donors (Lipinski definition) is 1. The molecule has 0 radical (unpaired) electrons. The molecule has 7 nitrogen and oxygen atoms in total. The van der Waals surface area contributed by atoms with Crippen LogP contribution in [0.2, 0.25) is 0 Å². The molecule has 0 aliphatic carbocycles. The topological polar surface area (TPSA) is 107 Å². The van der Waals surface area contributed by atoms with E-state index in [0.717, 1.165) is 19.3 Å². The third-order valence-corrected chi connectivity index (χ3v) is 6.21. The van der Waals surface area contributed by atoms with Gasteiger partial charge in [-0.15, -0.1) is 0 Å². The number of sulfonamides is 1. The van der Waals surface area contributed by atoms with E-state index in [2.05, 4.69) is 0 Å². The highest BCUT2D eigenvalue weighted by Gasteiger charge is 2.35. The zero-order chi connectivity index (χ0) is 16.3. The molecule has 1 unspecified atom stereocenters. The van der Waals surface area contributed by atoms with Gasteiger partial charge in [0.15, 0.2) is 0 Å². The van der Waals surface area contributed by atoms with Crippen LogP contribution in [-0.4, -0.2) is 36.8 Å². The van der Waals surface area contributed by atoms with Crippen LogP contribution in [0.3, 0.4) is 0 Å². The van der Waals surface area contributed by atoms with Gasteiger partial charge in [0, 0.05) is 24.2 Å². The summed E-state index contributed by atoms with van der Waals surface area (Å²) in [6.07, 6.45) is 3.16. The van der Waals surface area contributed by atoms with Crippen LogP contribution in [0.1, 0.15) is 31.2 Å². The molecule has 0 bridgehead atoms. The van der Waals surface area contributed by atoms with E-state index in [9.17, 15) is 18.5 Å². The largest absolute Gasteiger partial charge is 0.330 e. The number of nitro groups is 1. The molecule has 1 aliphatic rings. The number of nitro benzene ring substituents is 1. The zero-order valence-electron chi connectivity index (χ0n) is 12.6. The van der Waals surface area contributed by atoms with Crippen molar-refractivity contribution < 1.29 is 13.3 Å². The van der Waals surface area contributed by atoms with Crippen LogP contribution < -0.4 is 5.73 Å². The first-order chi connectivity index (χ1) is 10.4. The van der Waals surface area contributed by atoms with Gasteiger partial charge in [-0.1, -0.05) is 12.5 Å². The standard InChI is InChI=1S/C14H21N3O4S/c1-11-13(17(18)19)6-4-7-14(11)22(20,21)16-10-3-2-5-12(16)8-9-15/h4,6-7,12H,2-3,5,8-10,15H2,1H3.